The number of nitrogens with zero attached hydrogens (tertiary/aromatic N) is 2. The van der Waals surface area contributed by atoms with Crippen LogP contribution < -0.4 is 9.62 Å². The van der Waals surface area contributed by atoms with E-state index in [1.807, 2.05) is 0 Å². The molecule has 0 bridgehead atoms. The molecule has 1 heterocycles. The topological polar surface area (TPSA) is 86.8 Å². The zero-order chi connectivity index (χ0) is 19.8. The second-order valence-electron chi connectivity index (χ2n) is 6.59. The fourth-order valence-corrected chi connectivity index (χ4v) is 4.13. The molecule has 2 aromatic rings. The number of benzene rings is 2. The quantitative estimate of drug-likeness (QED) is 0.870. The van der Waals surface area contributed by atoms with Crippen molar-refractivity contribution < 1.29 is 18.0 Å². The standard InChI is InChI=1S/C19H21N3O4S/c1-13(23)22-11-10-15-12-17(8-9-18(15)22)27(25,26)20-16-6-4-14(5-7-16)19(24)21(2)3/h4-9,12,20H,10-11H2,1-3H3. The van der Waals surface area contributed by atoms with Crippen molar-refractivity contribution in [3.05, 3.63) is 53.6 Å². The van der Waals surface area contributed by atoms with Crippen LogP contribution in [0.25, 0.3) is 0 Å². The van der Waals surface area contributed by atoms with E-state index in [0.717, 1.165) is 11.3 Å². The average Bonchev–Trinajstić information content (AvgIpc) is 3.05. The summed E-state index contributed by atoms with van der Waals surface area (Å²) < 4.78 is 27.9. The molecule has 7 nitrogen and oxygen atoms in total. The molecule has 0 aliphatic carbocycles. The number of carbonyl (C=O) groups is 2. The van der Waals surface area contributed by atoms with Crippen LogP contribution in [-0.4, -0.2) is 45.8 Å². The van der Waals surface area contributed by atoms with Gasteiger partial charge in [0.1, 0.15) is 0 Å². The predicted octanol–water partition coefficient (Wildman–Crippen LogP) is 2.10. The van der Waals surface area contributed by atoms with Crippen LogP contribution in [0.1, 0.15) is 22.8 Å². The highest BCUT2D eigenvalue weighted by Gasteiger charge is 2.24. The molecule has 0 unspecified atom stereocenters. The van der Waals surface area contributed by atoms with E-state index in [0.29, 0.717) is 24.2 Å². The van der Waals surface area contributed by atoms with Gasteiger partial charge in [-0.2, -0.15) is 0 Å². The number of rotatable bonds is 4. The van der Waals surface area contributed by atoms with Crippen LogP contribution in [0.4, 0.5) is 11.4 Å². The summed E-state index contributed by atoms with van der Waals surface area (Å²) >= 11 is 0. The van der Waals surface area contributed by atoms with Gasteiger partial charge in [-0.25, -0.2) is 8.42 Å². The molecule has 1 aliphatic heterocycles. The molecular formula is C19H21N3O4S. The van der Waals surface area contributed by atoms with E-state index >= 15 is 0 Å². The van der Waals surface area contributed by atoms with Gasteiger partial charge in [-0.3, -0.25) is 14.3 Å². The lowest BCUT2D eigenvalue weighted by Crippen LogP contribution is -2.25. The Balaban J connectivity index is 1.82. The Morgan fingerprint density at radius 2 is 1.74 bits per heavy atom. The lowest BCUT2D eigenvalue weighted by molar-refractivity contribution is -0.116. The molecular weight excluding hydrogens is 366 g/mol. The molecule has 1 N–H and O–H groups in total. The maximum Gasteiger partial charge on any atom is 0.261 e. The van der Waals surface area contributed by atoms with Gasteiger partial charge < -0.3 is 9.80 Å². The summed E-state index contributed by atoms with van der Waals surface area (Å²) in [5.74, 6) is -0.215. The van der Waals surface area contributed by atoms with Crippen molar-refractivity contribution in [1.29, 1.82) is 0 Å². The van der Waals surface area contributed by atoms with E-state index < -0.39 is 10.0 Å². The second-order valence-corrected chi connectivity index (χ2v) is 8.28. The molecule has 0 aromatic heterocycles. The molecule has 2 amide bonds. The van der Waals surface area contributed by atoms with Gasteiger partial charge in [-0.15, -0.1) is 0 Å². The molecule has 3 rings (SSSR count). The first-order valence-corrected chi connectivity index (χ1v) is 9.93. The fourth-order valence-electron chi connectivity index (χ4n) is 3.03. The Hall–Kier alpha value is -2.87. The zero-order valence-corrected chi connectivity index (χ0v) is 16.2. The zero-order valence-electron chi connectivity index (χ0n) is 15.4. The van der Waals surface area contributed by atoms with Crippen molar-refractivity contribution in [1.82, 2.24) is 4.90 Å². The number of amides is 2. The highest BCUT2D eigenvalue weighted by Crippen LogP contribution is 2.30. The maximum absolute atomic E-state index is 12.7. The minimum absolute atomic E-state index is 0.0603. The van der Waals surface area contributed by atoms with Crippen LogP contribution in [0.2, 0.25) is 0 Å². The SMILES string of the molecule is CC(=O)N1CCc2cc(S(=O)(=O)Nc3ccc(C(=O)N(C)C)cc3)ccc21. The van der Waals surface area contributed by atoms with Crippen molar-refractivity contribution in [3.8, 4) is 0 Å². The lowest BCUT2D eigenvalue weighted by atomic mass is 10.2. The van der Waals surface area contributed by atoms with Gasteiger partial charge in [0.25, 0.3) is 15.9 Å². The fraction of sp³-hybridized carbons (Fsp3) is 0.263. The first kappa shape index (κ1) is 18.9. The monoisotopic (exact) mass is 387 g/mol. The number of carbonyl (C=O) groups excluding carboxylic acids is 2. The molecule has 8 heteroatoms. The average molecular weight is 387 g/mol. The normalized spacial score (nSPS) is 13.2. The third kappa shape index (κ3) is 3.80. The van der Waals surface area contributed by atoms with Crippen LogP contribution in [0.3, 0.4) is 0 Å². The van der Waals surface area contributed by atoms with Gasteiger partial charge in [0, 0.05) is 44.5 Å². The number of anilines is 2. The lowest BCUT2D eigenvalue weighted by Gasteiger charge is -2.15. The molecule has 0 spiro atoms. The van der Waals surface area contributed by atoms with Gasteiger partial charge in [0.15, 0.2) is 0 Å². The van der Waals surface area contributed by atoms with Crippen LogP contribution >= 0.6 is 0 Å². The minimum Gasteiger partial charge on any atom is -0.345 e. The van der Waals surface area contributed by atoms with E-state index in [4.69, 9.17) is 0 Å². The van der Waals surface area contributed by atoms with Gasteiger partial charge in [-0.1, -0.05) is 0 Å². The number of hydrogen-bond acceptors (Lipinski definition) is 4. The number of fused-ring (bicyclic) bond motifs is 1. The Labute approximate surface area is 158 Å². The van der Waals surface area contributed by atoms with Gasteiger partial charge in [-0.05, 0) is 54.4 Å². The summed E-state index contributed by atoms with van der Waals surface area (Å²) in [7, 11) is -0.465. The number of sulfonamides is 1. The molecule has 1 aliphatic rings. The van der Waals surface area contributed by atoms with Crippen molar-refractivity contribution in [2.45, 2.75) is 18.2 Å². The van der Waals surface area contributed by atoms with Gasteiger partial charge in [0.2, 0.25) is 5.91 Å². The van der Waals surface area contributed by atoms with Crippen molar-refractivity contribution in [2.75, 3.05) is 30.3 Å². The first-order valence-electron chi connectivity index (χ1n) is 8.44. The predicted molar refractivity (Wildman–Crippen MR) is 103 cm³/mol. The Morgan fingerprint density at radius 3 is 2.33 bits per heavy atom. The first-order chi connectivity index (χ1) is 12.7. The second kappa shape index (κ2) is 7.03. The van der Waals surface area contributed by atoms with E-state index in [1.54, 1.807) is 55.4 Å². The minimum atomic E-state index is -3.77. The largest absolute Gasteiger partial charge is 0.345 e. The third-order valence-electron chi connectivity index (χ3n) is 4.43. The van der Waals surface area contributed by atoms with Gasteiger partial charge >= 0.3 is 0 Å². The summed E-state index contributed by atoms with van der Waals surface area (Å²) in [4.78, 5) is 26.8. The van der Waals surface area contributed by atoms with E-state index in [1.165, 1.54) is 17.9 Å². The van der Waals surface area contributed by atoms with Crippen LogP contribution in [0, 0.1) is 0 Å². The molecule has 0 saturated carbocycles. The smallest absolute Gasteiger partial charge is 0.261 e. The molecule has 0 atom stereocenters. The van der Waals surface area contributed by atoms with E-state index in [9.17, 15) is 18.0 Å². The van der Waals surface area contributed by atoms with Crippen LogP contribution in [0.15, 0.2) is 47.4 Å². The van der Waals surface area contributed by atoms with Crippen molar-refractivity contribution >= 4 is 33.2 Å². The highest BCUT2D eigenvalue weighted by molar-refractivity contribution is 7.92. The maximum atomic E-state index is 12.7. The summed E-state index contributed by atoms with van der Waals surface area (Å²) in [6.45, 7) is 2.05. The van der Waals surface area contributed by atoms with Crippen LogP contribution in [0.5, 0.6) is 0 Å². The summed E-state index contributed by atoms with van der Waals surface area (Å²) in [5, 5.41) is 0. The molecule has 142 valence electrons. The summed E-state index contributed by atoms with van der Waals surface area (Å²) in [6, 6.07) is 11.0. The molecule has 0 fully saturated rings. The molecule has 2 aromatic carbocycles. The molecule has 0 radical (unpaired) electrons. The molecule has 27 heavy (non-hydrogen) atoms. The van der Waals surface area contributed by atoms with Crippen molar-refractivity contribution in [3.63, 3.8) is 0 Å². The Morgan fingerprint density at radius 1 is 1.07 bits per heavy atom. The summed E-state index contributed by atoms with van der Waals surface area (Å²) in [6.07, 6.45) is 0.625. The Kier molecular flexibility index (Phi) is 4.93. The van der Waals surface area contributed by atoms with Gasteiger partial charge in [0.05, 0.1) is 4.90 Å². The summed E-state index contributed by atoms with van der Waals surface area (Å²) in [5.41, 5.74) is 2.44. The molecule has 0 saturated heterocycles. The third-order valence-corrected chi connectivity index (χ3v) is 5.81. The van der Waals surface area contributed by atoms with E-state index in [-0.39, 0.29) is 16.7 Å². The van der Waals surface area contributed by atoms with Crippen LogP contribution in [-0.2, 0) is 21.2 Å². The number of hydrogen-bond donors (Lipinski definition) is 1. The highest BCUT2D eigenvalue weighted by atomic mass is 32.2. The Bertz CT molecular complexity index is 998. The number of nitrogens with one attached hydrogen (secondary N) is 1. The van der Waals surface area contributed by atoms with E-state index in [2.05, 4.69) is 4.72 Å². The van der Waals surface area contributed by atoms with Crippen molar-refractivity contribution in [2.24, 2.45) is 0 Å².